The van der Waals surface area contributed by atoms with Crippen LogP contribution in [0.2, 0.25) is 0 Å². The molecule has 0 bridgehead atoms. The summed E-state index contributed by atoms with van der Waals surface area (Å²) in [6, 6.07) is 0. The average Bonchev–Trinajstić information content (AvgIpc) is 1.65. The number of rotatable bonds is 2. The van der Waals surface area contributed by atoms with Crippen LogP contribution in [-0.4, -0.2) is 0 Å². The molecule has 0 saturated carbocycles. The molecule has 0 saturated heterocycles. The zero-order valence-corrected chi connectivity index (χ0v) is 3.78. The Kier molecular flexibility index (Phi) is 7.10. The van der Waals surface area contributed by atoms with Gasteiger partial charge >= 0.3 is 0 Å². The lowest BCUT2D eigenvalue weighted by Gasteiger charge is -1.76. The van der Waals surface area contributed by atoms with Crippen molar-refractivity contribution in [3.05, 3.63) is 37.5 Å². The molecule has 0 aromatic rings. The van der Waals surface area contributed by atoms with E-state index in [-0.39, 0.29) is 7.43 Å². The fraction of sp³-hybridized carbons (Fsp3) is 0.143. The Morgan fingerprint density at radius 3 is 1.43 bits per heavy atom. The molecule has 7 heavy (non-hydrogen) atoms. The lowest BCUT2D eigenvalue weighted by atomic mass is 10.3. The molecule has 0 rings (SSSR count). The van der Waals surface area contributed by atoms with Crippen molar-refractivity contribution in [3.8, 4) is 0 Å². The number of hydrogen-bond donors (Lipinski definition) is 0. The maximum atomic E-state index is 3.56. The highest BCUT2D eigenvalue weighted by Gasteiger charge is 1.65. The molecule has 0 aliphatic heterocycles. The van der Waals surface area contributed by atoms with E-state index in [1.807, 2.05) is 0 Å². The van der Waals surface area contributed by atoms with Crippen molar-refractivity contribution in [2.45, 2.75) is 7.43 Å². The zero-order chi connectivity index (χ0) is 4.99. The third-order valence-electron chi connectivity index (χ3n) is 0.524. The van der Waals surface area contributed by atoms with Crippen LogP contribution < -0.4 is 0 Å². The van der Waals surface area contributed by atoms with Crippen LogP contribution in [0.15, 0.2) is 37.5 Å². The summed E-state index contributed by atoms with van der Waals surface area (Å²) in [5.74, 6) is 0. The van der Waals surface area contributed by atoms with Crippen molar-refractivity contribution < 1.29 is 0 Å². The van der Waals surface area contributed by atoms with E-state index in [9.17, 15) is 0 Å². The maximum Gasteiger partial charge on any atom is -0.0340 e. The molecule has 0 aromatic carbocycles. The van der Waals surface area contributed by atoms with Gasteiger partial charge in [-0.1, -0.05) is 39.3 Å². The first-order valence-corrected chi connectivity index (χ1v) is 1.75. The first kappa shape index (κ1) is 9.52. The standard InChI is InChI=1S/C6H8.CH4/c1-4-6(3)5-2;/h4-5H,1-3H2;1H4. The molecule has 0 heteroatoms. The predicted octanol–water partition coefficient (Wildman–Crippen LogP) is 2.55. The SMILES string of the molecule is C.C=CC(=C)C=C. The van der Waals surface area contributed by atoms with E-state index in [0.29, 0.717) is 0 Å². The molecule has 0 amide bonds. The summed E-state index contributed by atoms with van der Waals surface area (Å²) >= 11 is 0. The van der Waals surface area contributed by atoms with Gasteiger partial charge in [0.2, 0.25) is 0 Å². The third kappa shape index (κ3) is 5.22. The van der Waals surface area contributed by atoms with Gasteiger partial charge in [-0.3, -0.25) is 0 Å². The van der Waals surface area contributed by atoms with Crippen LogP contribution in [0.3, 0.4) is 0 Å². The molecule has 0 spiro atoms. The van der Waals surface area contributed by atoms with Crippen LogP contribution in [0.5, 0.6) is 0 Å². The van der Waals surface area contributed by atoms with Gasteiger partial charge in [0.15, 0.2) is 0 Å². The third-order valence-corrected chi connectivity index (χ3v) is 0.524. The van der Waals surface area contributed by atoms with Crippen molar-refractivity contribution >= 4 is 0 Å². The quantitative estimate of drug-likeness (QED) is 0.463. The minimum atomic E-state index is 0. The van der Waals surface area contributed by atoms with Crippen molar-refractivity contribution in [1.29, 1.82) is 0 Å². The Morgan fingerprint density at radius 2 is 1.43 bits per heavy atom. The Morgan fingerprint density at radius 1 is 1.14 bits per heavy atom. The summed E-state index contributed by atoms with van der Waals surface area (Å²) in [6.45, 7) is 10.5. The van der Waals surface area contributed by atoms with Gasteiger partial charge in [0.05, 0.1) is 0 Å². The zero-order valence-electron chi connectivity index (χ0n) is 3.78. The van der Waals surface area contributed by atoms with Gasteiger partial charge < -0.3 is 0 Å². The molecular formula is C7H12. The highest BCUT2D eigenvalue weighted by molar-refractivity contribution is 5.22. The maximum absolute atomic E-state index is 3.56. The molecule has 0 aliphatic carbocycles. The van der Waals surface area contributed by atoms with Crippen LogP contribution in [0, 0.1) is 0 Å². The lowest BCUT2D eigenvalue weighted by Crippen LogP contribution is -1.55. The fourth-order valence-electron chi connectivity index (χ4n) is 0.0833. The van der Waals surface area contributed by atoms with E-state index in [2.05, 4.69) is 19.7 Å². The van der Waals surface area contributed by atoms with E-state index in [4.69, 9.17) is 0 Å². The van der Waals surface area contributed by atoms with Crippen LogP contribution in [0.1, 0.15) is 7.43 Å². The largest absolute Gasteiger partial charge is 0.0985 e. The van der Waals surface area contributed by atoms with Crippen molar-refractivity contribution in [2.75, 3.05) is 0 Å². The van der Waals surface area contributed by atoms with Crippen LogP contribution >= 0.6 is 0 Å². The lowest BCUT2D eigenvalue weighted by molar-refractivity contribution is 1.81. The van der Waals surface area contributed by atoms with Crippen molar-refractivity contribution in [2.24, 2.45) is 0 Å². The second-order valence-corrected chi connectivity index (χ2v) is 0.983. The predicted molar refractivity (Wildman–Crippen MR) is 36.3 cm³/mol. The second kappa shape index (κ2) is 5.22. The molecule has 0 fully saturated rings. The van der Waals surface area contributed by atoms with Crippen LogP contribution in [0.4, 0.5) is 0 Å². The van der Waals surface area contributed by atoms with E-state index in [1.165, 1.54) is 0 Å². The molecule has 0 aromatic heterocycles. The van der Waals surface area contributed by atoms with Gasteiger partial charge in [0, 0.05) is 0 Å². The summed E-state index contributed by atoms with van der Waals surface area (Å²) < 4.78 is 0. The van der Waals surface area contributed by atoms with Gasteiger partial charge in [0.25, 0.3) is 0 Å². The molecule has 40 valence electrons. The van der Waals surface area contributed by atoms with E-state index in [0.717, 1.165) is 5.57 Å². The average molecular weight is 96.2 g/mol. The summed E-state index contributed by atoms with van der Waals surface area (Å²) in [7, 11) is 0. The highest BCUT2D eigenvalue weighted by atomic mass is 13.7. The van der Waals surface area contributed by atoms with E-state index < -0.39 is 0 Å². The topological polar surface area (TPSA) is 0 Å². The highest BCUT2D eigenvalue weighted by Crippen LogP contribution is 1.86. The number of allylic oxidation sites excluding steroid dienone is 3. The molecular weight excluding hydrogens is 84.1 g/mol. The minimum Gasteiger partial charge on any atom is -0.0985 e. The first-order chi connectivity index (χ1) is 2.81. The van der Waals surface area contributed by atoms with Gasteiger partial charge in [-0.25, -0.2) is 0 Å². The Balaban J connectivity index is 0. The smallest absolute Gasteiger partial charge is 0.0340 e. The van der Waals surface area contributed by atoms with Gasteiger partial charge in [-0.15, -0.1) is 0 Å². The summed E-state index contributed by atoms with van der Waals surface area (Å²) in [5, 5.41) is 0. The van der Waals surface area contributed by atoms with Gasteiger partial charge in [-0.05, 0) is 5.57 Å². The number of hydrogen-bond acceptors (Lipinski definition) is 0. The summed E-state index contributed by atoms with van der Waals surface area (Å²) in [6.07, 6.45) is 3.32. The van der Waals surface area contributed by atoms with E-state index >= 15 is 0 Å². The van der Waals surface area contributed by atoms with Crippen molar-refractivity contribution in [1.82, 2.24) is 0 Å². The molecule has 0 atom stereocenters. The molecule has 0 unspecified atom stereocenters. The van der Waals surface area contributed by atoms with Crippen LogP contribution in [0.25, 0.3) is 0 Å². The Hall–Kier alpha value is -0.780. The first-order valence-electron chi connectivity index (χ1n) is 1.75. The van der Waals surface area contributed by atoms with E-state index in [1.54, 1.807) is 12.2 Å². The molecule has 0 nitrogen and oxygen atoms in total. The summed E-state index contributed by atoms with van der Waals surface area (Å²) in [4.78, 5) is 0. The van der Waals surface area contributed by atoms with Gasteiger partial charge in [0.1, 0.15) is 0 Å². The normalized spacial score (nSPS) is 5.71. The Bertz CT molecular complexity index is 68.0. The molecule has 0 radical (unpaired) electrons. The molecule has 0 N–H and O–H groups in total. The second-order valence-electron chi connectivity index (χ2n) is 0.983. The summed E-state index contributed by atoms with van der Waals surface area (Å²) in [5.41, 5.74) is 0.870. The molecule has 0 heterocycles. The minimum absolute atomic E-state index is 0. The monoisotopic (exact) mass is 96.1 g/mol. The fourth-order valence-corrected chi connectivity index (χ4v) is 0.0833. The van der Waals surface area contributed by atoms with Gasteiger partial charge in [-0.2, -0.15) is 0 Å². The van der Waals surface area contributed by atoms with Crippen molar-refractivity contribution in [3.63, 3.8) is 0 Å². The Labute approximate surface area is 45.9 Å². The van der Waals surface area contributed by atoms with Crippen LogP contribution in [-0.2, 0) is 0 Å². The molecule has 0 aliphatic rings.